The van der Waals surface area contributed by atoms with Gasteiger partial charge in [0.2, 0.25) is 0 Å². The van der Waals surface area contributed by atoms with E-state index in [0.29, 0.717) is 18.7 Å². The van der Waals surface area contributed by atoms with Crippen LogP contribution in [0.15, 0.2) is 30.9 Å². The maximum Gasteiger partial charge on any atom is 0.271 e. The highest BCUT2D eigenvalue weighted by atomic mass is 16.3. The van der Waals surface area contributed by atoms with Gasteiger partial charge in [-0.2, -0.15) is 0 Å². The summed E-state index contributed by atoms with van der Waals surface area (Å²) in [6, 6.07) is 0. The molecule has 0 spiro atoms. The predicted octanol–water partition coefficient (Wildman–Crippen LogP) is 2.62. The number of carbonyl (C=O) groups excluding carboxylic acids is 1. The lowest BCUT2D eigenvalue weighted by Crippen LogP contribution is -2.25. The van der Waals surface area contributed by atoms with Crippen LogP contribution in [-0.2, 0) is 0 Å². The van der Waals surface area contributed by atoms with Crippen molar-refractivity contribution in [2.24, 2.45) is 0 Å². The lowest BCUT2D eigenvalue weighted by atomic mass is 10.1. The SMILES string of the molecule is C=C(O)CCCCCCCNC(=O)c1cnccn1. The van der Waals surface area contributed by atoms with Gasteiger partial charge >= 0.3 is 0 Å². The molecule has 0 unspecified atom stereocenters. The number of aliphatic hydroxyl groups is 1. The van der Waals surface area contributed by atoms with E-state index in [1.165, 1.54) is 18.6 Å². The molecule has 0 aliphatic heterocycles. The molecule has 5 heteroatoms. The van der Waals surface area contributed by atoms with Crippen LogP contribution in [0.2, 0.25) is 0 Å². The first kappa shape index (κ1) is 15.1. The number of rotatable bonds is 9. The van der Waals surface area contributed by atoms with E-state index in [-0.39, 0.29) is 11.7 Å². The Morgan fingerprint density at radius 1 is 1.21 bits per heavy atom. The van der Waals surface area contributed by atoms with Crippen LogP contribution in [0.4, 0.5) is 0 Å². The van der Waals surface area contributed by atoms with Crippen LogP contribution in [0.1, 0.15) is 49.0 Å². The average Bonchev–Trinajstić information content (AvgIpc) is 2.42. The first-order valence-electron chi connectivity index (χ1n) is 6.61. The van der Waals surface area contributed by atoms with Crippen LogP contribution < -0.4 is 5.32 Å². The van der Waals surface area contributed by atoms with Crippen molar-refractivity contribution < 1.29 is 9.90 Å². The van der Waals surface area contributed by atoms with Crippen LogP contribution in [-0.4, -0.2) is 27.5 Å². The molecule has 1 heterocycles. The number of unbranched alkanes of at least 4 members (excludes halogenated alkanes) is 4. The molecule has 1 aromatic rings. The molecule has 19 heavy (non-hydrogen) atoms. The second-order valence-electron chi connectivity index (χ2n) is 4.43. The van der Waals surface area contributed by atoms with Crippen molar-refractivity contribution in [2.75, 3.05) is 6.54 Å². The lowest BCUT2D eigenvalue weighted by molar-refractivity contribution is 0.0947. The van der Waals surface area contributed by atoms with Crippen LogP contribution in [0, 0.1) is 0 Å². The summed E-state index contributed by atoms with van der Waals surface area (Å²) in [6.07, 6.45) is 10.4. The van der Waals surface area contributed by atoms with Crippen LogP contribution >= 0.6 is 0 Å². The van der Waals surface area contributed by atoms with E-state index in [9.17, 15) is 4.79 Å². The number of nitrogens with zero attached hydrogens (tertiary/aromatic N) is 2. The highest BCUT2D eigenvalue weighted by molar-refractivity contribution is 5.91. The van der Waals surface area contributed by atoms with E-state index < -0.39 is 0 Å². The summed E-state index contributed by atoms with van der Waals surface area (Å²) in [6.45, 7) is 4.10. The minimum Gasteiger partial charge on any atom is -0.513 e. The summed E-state index contributed by atoms with van der Waals surface area (Å²) < 4.78 is 0. The Balaban J connectivity index is 1.99. The number of carbonyl (C=O) groups is 1. The third-order valence-corrected chi connectivity index (χ3v) is 2.72. The molecule has 0 aliphatic rings. The largest absolute Gasteiger partial charge is 0.513 e. The molecule has 104 valence electrons. The van der Waals surface area contributed by atoms with Crippen LogP contribution in [0.25, 0.3) is 0 Å². The smallest absolute Gasteiger partial charge is 0.271 e. The Hall–Kier alpha value is -1.91. The minimum absolute atomic E-state index is 0.176. The Morgan fingerprint density at radius 3 is 2.63 bits per heavy atom. The lowest BCUT2D eigenvalue weighted by Gasteiger charge is -2.04. The third-order valence-electron chi connectivity index (χ3n) is 2.72. The van der Waals surface area contributed by atoms with Crippen LogP contribution in [0.5, 0.6) is 0 Å². The van der Waals surface area contributed by atoms with Crippen molar-refractivity contribution >= 4 is 5.91 Å². The monoisotopic (exact) mass is 263 g/mol. The molecule has 0 bridgehead atoms. The molecule has 1 aromatic heterocycles. The summed E-state index contributed by atoms with van der Waals surface area (Å²) in [7, 11) is 0. The third kappa shape index (κ3) is 7.18. The fourth-order valence-electron chi connectivity index (χ4n) is 1.69. The van der Waals surface area contributed by atoms with E-state index in [1.54, 1.807) is 0 Å². The van der Waals surface area contributed by atoms with Gasteiger partial charge < -0.3 is 10.4 Å². The zero-order chi connectivity index (χ0) is 13.9. The maximum absolute atomic E-state index is 11.6. The Kier molecular flexibility index (Phi) is 7.24. The van der Waals surface area contributed by atoms with Gasteiger partial charge in [0.25, 0.3) is 5.91 Å². The standard InChI is InChI=1S/C14H21N3O2/c1-12(18)7-5-3-2-4-6-8-17-14(19)13-11-15-9-10-16-13/h9-11,18H,1-8H2,(H,17,19). The molecule has 0 atom stereocenters. The van der Waals surface area contributed by atoms with Gasteiger partial charge in [-0.1, -0.05) is 25.8 Å². The average molecular weight is 263 g/mol. The normalized spacial score (nSPS) is 10.1. The summed E-state index contributed by atoms with van der Waals surface area (Å²) >= 11 is 0. The number of hydrogen-bond acceptors (Lipinski definition) is 4. The molecule has 0 fully saturated rings. The number of nitrogens with one attached hydrogen (secondary N) is 1. The first-order valence-corrected chi connectivity index (χ1v) is 6.61. The molecule has 0 aromatic carbocycles. The van der Waals surface area contributed by atoms with Crippen molar-refractivity contribution in [1.29, 1.82) is 0 Å². The Bertz CT molecular complexity index is 393. The van der Waals surface area contributed by atoms with Crippen molar-refractivity contribution in [3.63, 3.8) is 0 Å². The van der Waals surface area contributed by atoms with Crippen molar-refractivity contribution in [3.05, 3.63) is 36.6 Å². The predicted molar refractivity (Wildman–Crippen MR) is 73.8 cm³/mol. The maximum atomic E-state index is 11.6. The molecular formula is C14H21N3O2. The van der Waals surface area contributed by atoms with Crippen LogP contribution in [0.3, 0.4) is 0 Å². The first-order chi connectivity index (χ1) is 9.20. The summed E-state index contributed by atoms with van der Waals surface area (Å²) in [4.78, 5) is 19.4. The van der Waals surface area contributed by atoms with E-state index in [0.717, 1.165) is 32.1 Å². The molecule has 0 radical (unpaired) electrons. The Morgan fingerprint density at radius 2 is 1.95 bits per heavy atom. The van der Waals surface area contributed by atoms with Gasteiger partial charge in [-0.25, -0.2) is 4.98 Å². The van der Waals surface area contributed by atoms with E-state index in [1.807, 2.05) is 0 Å². The fraction of sp³-hybridized carbons (Fsp3) is 0.500. The van der Waals surface area contributed by atoms with Crippen molar-refractivity contribution in [1.82, 2.24) is 15.3 Å². The molecular weight excluding hydrogens is 242 g/mol. The van der Waals surface area contributed by atoms with Gasteiger partial charge in [0.05, 0.1) is 12.0 Å². The highest BCUT2D eigenvalue weighted by Gasteiger charge is 2.04. The van der Waals surface area contributed by atoms with Gasteiger partial charge in [0, 0.05) is 25.4 Å². The zero-order valence-corrected chi connectivity index (χ0v) is 11.1. The fourth-order valence-corrected chi connectivity index (χ4v) is 1.69. The molecule has 0 saturated heterocycles. The van der Waals surface area contributed by atoms with Gasteiger partial charge in [-0.3, -0.25) is 9.78 Å². The summed E-state index contributed by atoms with van der Waals surface area (Å²) in [5.74, 6) is 0.0842. The molecule has 2 N–H and O–H groups in total. The highest BCUT2D eigenvalue weighted by Crippen LogP contribution is 2.07. The zero-order valence-electron chi connectivity index (χ0n) is 11.1. The number of aromatic nitrogens is 2. The topological polar surface area (TPSA) is 75.1 Å². The second-order valence-corrected chi connectivity index (χ2v) is 4.43. The number of aliphatic hydroxyl groups excluding tert-OH is 1. The second kappa shape index (κ2) is 9.08. The van der Waals surface area contributed by atoms with Crippen molar-refractivity contribution in [2.45, 2.75) is 38.5 Å². The van der Waals surface area contributed by atoms with Crippen molar-refractivity contribution in [3.8, 4) is 0 Å². The minimum atomic E-state index is -0.176. The van der Waals surface area contributed by atoms with E-state index in [2.05, 4.69) is 21.9 Å². The molecule has 1 amide bonds. The molecule has 1 rings (SSSR count). The number of amides is 1. The molecule has 0 saturated carbocycles. The van der Waals surface area contributed by atoms with E-state index in [4.69, 9.17) is 5.11 Å². The molecule has 0 aliphatic carbocycles. The van der Waals surface area contributed by atoms with Gasteiger partial charge in [-0.05, 0) is 12.8 Å². The summed E-state index contributed by atoms with van der Waals surface area (Å²) in [5.41, 5.74) is 0.351. The number of hydrogen-bond donors (Lipinski definition) is 2. The quantitative estimate of drug-likeness (QED) is 0.530. The number of allylic oxidation sites excluding steroid dienone is 1. The van der Waals surface area contributed by atoms with Gasteiger partial charge in [0.1, 0.15) is 5.69 Å². The van der Waals surface area contributed by atoms with Gasteiger partial charge in [0.15, 0.2) is 0 Å². The Labute approximate surface area is 113 Å². The van der Waals surface area contributed by atoms with Gasteiger partial charge in [-0.15, -0.1) is 0 Å². The molecule has 5 nitrogen and oxygen atoms in total. The van der Waals surface area contributed by atoms with E-state index >= 15 is 0 Å². The summed E-state index contributed by atoms with van der Waals surface area (Å²) in [5, 5.41) is 11.7.